The summed E-state index contributed by atoms with van der Waals surface area (Å²) in [6.45, 7) is 0.651. The van der Waals surface area contributed by atoms with Gasteiger partial charge in [-0.05, 0) is 61.6 Å². The Labute approximate surface area is 178 Å². The molecular weight excluding hydrogens is 400 g/mol. The average Bonchev–Trinajstić information content (AvgIpc) is 3.45. The molecule has 2 fully saturated rings. The second-order valence-corrected chi connectivity index (χ2v) is 9.78. The maximum Gasteiger partial charge on any atom is 0.254 e. The number of ether oxygens (including phenoxy) is 1. The van der Waals surface area contributed by atoms with Gasteiger partial charge in [0.1, 0.15) is 5.75 Å². The molecule has 4 rings (SSSR count). The van der Waals surface area contributed by atoms with E-state index >= 15 is 0 Å². The zero-order valence-corrected chi connectivity index (χ0v) is 18.0. The van der Waals surface area contributed by atoms with E-state index in [1.54, 1.807) is 25.3 Å². The van der Waals surface area contributed by atoms with Gasteiger partial charge in [0, 0.05) is 18.2 Å². The number of sulfonamides is 1. The molecule has 7 heteroatoms. The molecule has 1 heterocycles. The third kappa shape index (κ3) is 4.37. The fraction of sp³-hybridized carbons (Fsp3) is 0.435. The van der Waals surface area contributed by atoms with Crippen LogP contribution in [0.5, 0.6) is 5.75 Å². The molecule has 1 N–H and O–H groups in total. The van der Waals surface area contributed by atoms with Crippen LogP contribution in [0.4, 0.5) is 0 Å². The largest absolute Gasteiger partial charge is 0.497 e. The van der Waals surface area contributed by atoms with Gasteiger partial charge in [-0.3, -0.25) is 4.79 Å². The van der Waals surface area contributed by atoms with Crippen molar-refractivity contribution in [1.82, 2.24) is 9.62 Å². The number of hydrogen-bond acceptors (Lipinski definition) is 4. The lowest BCUT2D eigenvalue weighted by molar-refractivity contribution is 0.0735. The zero-order valence-electron chi connectivity index (χ0n) is 17.2. The molecule has 2 aromatic carbocycles. The molecule has 0 radical (unpaired) electrons. The van der Waals surface area contributed by atoms with Crippen LogP contribution in [0.3, 0.4) is 0 Å². The van der Waals surface area contributed by atoms with Gasteiger partial charge in [-0.2, -0.15) is 0 Å². The maximum atomic E-state index is 13.3. The van der Waals surface area contributed by atoms with Crippen molar-refractivity contribution in [3.05, 3.63) is 59.7 Å². The monoisotopic (exact) mass is 428 g/mol. The Balaban J connectivity index is 1.56. The number of carbonyl (C=O) groups is 1. The summed E-state index contributed by atoms with van der Waals surface area (Å²) in [5.41, 5.74) is 1.44. The Bertz CT molecular complexity index is 1020. The number of carbonyl (C=O) groups excluding carboxylic acids is 1. The number of rotatable bonds is 6. The van der Waals surface area contributed by atoms with Gasteiger partial charge in [-0.1, -0.05) is 31.0 Å². The molecule has 2 aromatic rings. The molecule has 0 spiro atoms. The summed E-state index contributed by atoms with van der Waals surface area (Å²) in [5.74, 6) is 0.621. The predicted octanol–water partition coefficient (Wildman–Crippen LogP) is 3.89. The van der Waals surface area contributed by atoms with Gasteiger partial charge in [0.25, 0.3) is 5.91 Å². The molecule has 30 heavy (non-hydrogen) atoms. The standard InChI is InChI=1S/C23H28N2O4S/c1-29-20-11-4-7-17(15-20)22-13-6-14-25(22)23(26)18-8-5-12-21(16-18)30(27,28)24-19-9-2-3-10-19/h4-5,7-8,11-12,15-16,19,22,24H,2-3,6,9-10,13-14H2,1H3. The summed E-state index contributed by atoms with van der Waals surface area (Å²) >= 11 is 0. The quantitative estimate of drug-likeness (QED) is 0.757. The van der Waals surface area contributed by atoms with E-state index in [2.05, 4.69) is 4.72 Å². The van der Waals surface area contributed by atoms with Crippen molar-refractivity contribution in [1.29, 1.82) is 0 Å². The number of hydrogen-bond donors (Lipinski definition) is 1. The molecule has 0 aromatic heterocycles. The Morgan fingerprint density at radius 2 is 1.80 bits per heavy atom. The van der Waals surface area contributed by atoms with E-state index in [9.17, 15) is 13.2 Å². The summed E-state index contributed by atoms with van der Waals surface area (Å²) in [6.07, 6.45) is 5.62. The second kappa shape index (κ2) is 8.78. The van der Waals surface area contributed by atoms with E-state index < -0.39 is 10.0 Å². The first-order valence-corrected chi connectivity index (χ1v) is 12.0. The Kier molecular flexibility index (Phi) is 6.11. The molecule has 160 valence electrons. The lowest BCUT2D eigenvalue weighted by Crippen LogP contribution is -2.33. The topological polar surface area (TPSA) is 75.7 Å². The van der Waals surface area contributed by atoms with Crippen molar-refractivity contribution in [2.75, 3.05) is 13.7 Å². The SMILES string of the molecule is COc1cccc(C2CCCN2C(=O)c2cccc(S(=O)(=O)NC3CCCC3)c2)c1. The van der Waals surface area contributed by atoms with Crippen molar-refractivity contribution < 1.29 is 17.9 Å². The molecule has 1 aliphatic heterocycles. The van der Waals surface area contributed by atoms with Crippen molar-refractivity contribution >= 4 is 15.9 Å². The number of benzene rings is 2. The highest BCUT2D eigenvalue weighted by molar-refractivity contribution is 7.89. The van der Waals surface area contributed by atoms with Crippen LogP contribution in [0.2, 0.25) is 0 Å². The van der Waals surface area contributed by atoms with Crippen LogP contribution in [-0.4, -0.2) is 38.9 Å². The summed E-state index contributed by atoms with van der Waals surface area (Å²) < 4.78 is 33.7. The first-order chi connectivity index (χ1) is 14.5. The Morgan fingerprint density at radius 1 is 1.03 bits per heavy atom. The first-order valence-electron chi connectivity index (χ1n) is 10.6. The summed E-state index contributed by atoms with van der Waals surface area (Å²) in [4.78, 5) is 15.3. The van der Waals surface area contributed by atoms with E-state index in [1.807, 2.05) is 29.2 Å². The minimum atomic E-state index is -3.64. The number of amides is 1. The van der Waals surface area contributed by atoms with Gasteiger partial charge < -0.3 is 9.64 Å². The van der Waals surface area contributed by atoms with Crippen LogP contribution in [0, 0.1) is 0 Å². The summed E-state index contributed by atoms with van der Waals surface area (Å²) in [5, 5.41) is 0. The van der Waals surface area contributed by atoms with Gasteiger partial charge in [0.15, 0.2) is 0 Å². The average molecular weight is 429 g/mol. The number of likely N-dealkylation sites (tertiary alicyclic amines) is 1. The van der Waals surface area contributed by atoms with Crippen LogP contribution in [-0.2, 0) is 10.0 Å². The van der Waals surface area contributed by atoms with E-state index in [4.69, 9.17) is 4.74 Å². The lowest BCUT2D eigenvalue weighted by atomic mass is 10.0. The Morgan fingerprint density at radius 3 is 2.57 bits per heavy atom. The first kappa shape index (κ1) is 20.9. The molecule has 6 nitrogen and oxygen atoms in total. The van der Waals surface area contributed by atoms with Crippen LogP contribution in [0.15, 0.2) is 53.4 Å². The molecule has 1 amide bonds. The maximum absolute atomic E-state index is 13.3. The van der Waals surface area contributed by atoms with Gasteiger partial charge >= 0.3 is 0 Å². The highest BCUT2D eigenvalue weighted by atomic mass is 32.2. The van der Waals surface area contributed by atoms with Crippen LogP contribution < -0.4 is 9.46 Å². The molecule has 1 aliphatic carbocycles. The van der Waals surface area contributed by atoms with Crippen molar-refractivity contribution in [3.63, 3.8) is 0 Å². The number of methoxy groups -OCH3 is 1. The van der Waals surface area contributed by atoms with Gasteiger partial charge in [0.2, 0.25) is 10.0 Å². The lowest BCUT2D eigenvalue weighted by Gasteiger charge is -2.25. The number of nitrogens with one attached hydrogen (secondary N) is 1. The minimum Gasteiger partial charge on any atom is -0.497 e. The van der Waals surface area contributed by atoms with Crippen LogP contribution >= 0.6 is 0 Å². The highest BCUT2D eigenvalue weighted by Gasteiger charge is 2.31. The smallest absolute Gasteiger partial charge is 0.254 e. The molecule has 1 saturated heterocycles. The molecule has 1 saturated carbocycles. The van der Waals surface area contributed by atoms with E-state index in [1.165, 1.54) is 6.07 Å². The summed E-state index contributed by atoms with van der Waals surface area (Å²) in [7, 11) is -2.01. The Hall–Kier alpha value is -2.38. The van der Waals surface area contributed by atoms with Gasteiger partial charge in [-0.15, -0.1) is 0 Å². The zero-order chi connectivity index (χ0) is 21.1. The normalized spacial score (nSPS) is 19.9. The molecule has 0 bridgehead atoms. The third-order valence-corrected chi connectivity index (χ3v) is 7.58. The van der Waals surface area contributed by atoms with Crippen molar-refractivity contribution in [3.8, 4) is 5.75 Å². The highest BCUT2D eigenvalue weighted by Crippen LogP contribution is 2.34. The third-order valence-electron chi connectivity index (χ3n) is 6.06. The van der Waals surface area contributed by atoms with Crippen molar-refractivity contribution in [2.45, 2.75) is 55.5 Å². The molecule has 2 aliphatic rings. The molecule has 1 atom stereocenters. The van der Waals surface area contributed by atoms with Crippen LogP contribution in [0.1, 0.15) is 60.5 Å². The number of nitrogens with zero attached hydrogens (tertiary/aromatic N) is 1. The minimum absolute atomic E-state index is 0.00891. The second-order valence-electron chi connectivity index (χ2n) is 8.06. The fourth-order valence-corrected chi connectivity index (χ4v) is 5.85. The van der Waals surface area contributed by atoms with Gasteiger partial charge in [-0.25, -0.2) is 13.1 Å². The summed E-state index contributed by atoms with van der Waals surface area (Å²) in [6, 6.07) is 14.1. The van der Waals surface area contributed by atoms with Gasteiger partial charge in [0.05, 0.1) is 18.0 Å². The predicted molar refractivity (Wildman–Crippen MR) is 115 cm³/mol. The molecule has 1 unspecified atom stereocenters. The van der Waals surface area contributed by atoms with E-state index in [-0.39, 0.29) is 22.9 Å². The van der Waals surface area contributed by atoms with E-state index in [0.717, 1.165) is 49.8 Å². The van der Waals surface area contributed by atoms with E-state index in [0.29, 0.717) is 12.1 Å². The van der Waals surface area contributed by atoms with Crippen molar-refractivity contribution in [2.24, 2.45) is 0 Å². The fourth-order valence-electron chi connectivity index (χ4n) is 4.50. The molecular formula is C23H28N2O4S. The van der Waals surface area contributed by atoms with Crippen LogP contribution in [0.25, 0.3) is 0 Å².